The van der Waals surface area contributed by atoms with Crippen molar-refractivity contribution in [3.8, 4) is 0 Å². The topological polar surface area (TPSA) is 93.7 Å². The van der Waals surface area contributed by atoms with E-state index in [0.717, 1.165) is 32.7 Å². The Morgan fingerprint density at radius 2 is 1.90 bits per heavy atom. The smallest absolute Gasteiger partial charge is 0.326 e. The molecule has 1 saturated heterocycles. The minimum Gasteiger partial charge on any atom is -0.480 e. The lowest BCUT2D eigenvalue weighted by Crippen LogP contribution is -2.53. The van der Waals surface area contributed by atoms with Crippen molar-refractivity contribution in [1.82, 2.24) is 20.9 Å². The van der Waals surface area contributed by atoms with E-state index in [2.05, 4.69) is 20.9 Å². The molecule has 1 aliphatic rings. The standard InChI is InChI=1S/C13H26N4O3/c1-13(2,3)10(11(18)19)16-12(20)15-6-9-17-7-4-14-5-8-17/h10,14H,4-9H2,1-3H3,(H,18,19)(H2,15,16,20)/t10-/m0/s1. The van der Waals surface area contributed by atoms with E-state index in [-0.39, 0.29) is 0 Å². The van der Waals surface area contributed by atoms with Gasteiger partial charge in [0.25, 0.3) is 0 Å². The Bertz CT molecular complexity index is 335. The van der Waals surface area contributed by atoms with Gasteiger partial charge in [0.1, 0.15) is 6.04 Å². The zero-order valence-electron chi connectivity index (χ0n) is 12.5. The van der Waals surface area contributed by atoms with Crippen molar-refractivity contribution in [2.75, 3.05) is 39.3 Å². The van der Waals surface area contributed by atoms with Crippen molar-refractivity contribution >= 4 is 12.0 Å². The Balaban J connectivity index is 2.29. The number of carbonyl (C=O) groups excluding carboxylic acids is 1. The third kappa shape index (κ3) is 5.75. The molecule has 0 aromatic heterocycles. The predicted octanol–water partition coefficient (Wildman–Crippen LogP) is -0.310. The van der Waals surface area contributed by atoms with Crippen molar-refractivity contribution in [2.24, 2.45) is 5.41 Å². The van der Waals surface area contributed by atoms with Crippen LogP contribution in [0.2, 0.25) is 0 Å². The van der Waals surface area contributed by atoms with Crippen LogP contribution in [0.4, 0.5) is 4.79 Å². The van der Waals surface area contributed by atoms with E-state index in [9.17, 15) is 9.59 Å². The normalized spacial score (nSPS) is 18.4. The van der Waals surface area contributed by atoms with E-state index in [0.29, 0.717) is 6.54 Å². The molecular formula is C13H26N4O3. The highest BCUT2D eigenvalue weighted by molar-refractivity contribution is 5.83. The molecule has 1 heterocycles. The summed E-state index contributed by atoms with van der Waals surface area (Å²) in [6.07, 6.45) is 0. The minimum atomic E-state index is -1.02. The summed E-state index contributed by atoms with van der Waals surface area (Å²) >= 11 is 0. The molecule has 0 radical (unpaired) electrons. The van der Waals surface area contributed by atoms with Gasteiger partial charge in [0.15, 0.2) is 0 Å². The molecule has 7 heteroatoms. The fourth-order valence-corrected chi connectivity index (χ4v) is 2.09. The maximum absolute atomic E-state index is 11.7. The number of hydrogen-bond donors (Lipinski definition) is 4. The van der Waals surface area contributed by atoms with Crippen LogP contribution in [0.3, 0.4) is 0 Å². The van der Waals surface area contributed by atoms with E-state index in [1.807, 2.05) is 0 Å². The highest BCUT2D eigenvalue weighted by Gasteiger charge is 2.32. The summed E-state index contributed by atoms with van der Waals surface area (Å²) < 4.78 is 0. The number of carboxylic acid groups (broad SMARTS) is 1. The number of carboxylic acids is 1. The summed E-state index contributed by atoms with van der Waals surface area (Å²) in [5.41, 5.74) is -0.526. The number of urea groups is 1. The molecule has 116 valence electrons. The van der Waals surface area contributed by atoms with Crippen LogP contribution in [0.25, 0.3) is 0 Å². The number of rotatable bonds is 5. The molecule has 0 unspecified atom stereocenters. The summed E-state index contributed by atoms with van der Waals surface area (Å²) in [6, 6.07) is -1.33. The second-order valence-corrected chi connectivity index (χ2v) is 6.13. The maximum Gasteiger partial charge on any atom is 0.326 e. The minimum absolute atomic E-state index is 0.428. The number of nitrogens with one attached hydrogen (secondary N) is 3. The van der Waals surface area contributed by atoms with Crippen LogP contribution in [0, 0.1) is 5.41 Å². The molecule has 20 heavy (non-hydrogen) atoms. The lowest BCUT2D eigenvalue weighted by molar-refractivity contribution is -0.141. The van der Waals surface area contributed by atoms with Gasteiger partial charge in [-0.25, -0.2) is 9.59 Å². The van der Waals surface area contributed by atoms with Gasteiger partial charge < -0.3 is 21.1 Å². The lowest BCUT2D eigenvalue weighted by Gasteiger charge is -2.29. The molecule has 0 saturated carbocycles. The molecule has 0 aliphatic carbocycles. The van der Waals surface area contributed by atoms with Crippen LogP contribution in [0.1, 0.15) is 20.8 Å². The molecule has 1 aliphatic heterocycles. The molecule has 2 amide bonds. The van der Waals surface area contributed by atoms with Crippen molar-refractivity contribution in [3.05, 3.63) is 0 Å². The van der Waals surface area contributed by atoms with Crippen LogP contribution < -0.4 is 16.0 Å². The third-order valence-corrected chi connectivity index (χ3v) is 3.31. The largest absolute Gasteiger partial charge is 0.480 e. The van der Waals surface area contributed by atoms with Crippen molar-refractivity contribution < 1.29 is 14.7 Å². The van der Waals surface area contributed by atoms with E-state index >= 15 is 0 Å². The highest BCUT2D eigenvalue weighted by atomic mass is 16.4. The quantitative estimate of drug-likeness (QED) is 0.556. The Morgan fingerprint density at radius 3 is 2.40 bits per heavy atom. The third-order valence-electron chi connectivity index (χ3n) is 3.31. The first-order valence-corrected chi connectivity index (χ1v) is 7.01. The molecule has 1 rings (SSSR count). The summed E-state index contributed by atoms with van der Waals surface area (Å²) in [4.78, 5) is 25.1. The Hall–Kier alpha value is -1.34. The molecule has 1 atom stereocenters. The van der Waals surface area contributed by atoms with Crippen molar-refractivity contribution in [1.29, 1.82) is 0 Å². The monoisotopic (exact) mass is 286 g/mol. The summed E-state index contributed by atoms with van der Waals surface area (Å²) in [5.74, 6) is -1.02. The number of nitrogens with zero attached hydrogens (tertiary/aromatic N) is 1. The molecular weight excluding hydrogens is 260 g/mol. The van der Waals surface area contributed by atoms with E-state index in [4.69, 9.17) is 5.11 Å². The van der Waals surface area contributed by atoms with Gasteiger partial charge in [0.05, 0.1) is 0 Å². The lowest BCUT2D eigenvalue weighted by atomic mass is 9.87. The molecule has 1 fully saturated rings. The molecule has 0 aromatic rings. The van der Waals surface area contributed by atoms with Gasteiger partial charge in [0.2, 0.25) is 0 Å². The van der Waals surface area contributed by atoms with Crippen molar-refractivity contribution in [2.45, 2.75) is 26.8 Å². The predicted molar refractivity (Wildman–Crippen MR) is 76.7 cm³/mol. The van der Waals surface area contributed by atoms with Crippen LogP contribution in [0.15, 0.2) is 0 Å². The zero-order chi connectivity index (χ0) is 15.2. The van der Waals surface area contributed by atoms with Crippen LogP contribution in [0.5, 0.6) is 0 Å². The zero-order valence-corrected chi connectivity index (χ0v) is 12.5. The van der Waals surface area contributed by atoms with E-state index in [1.54, 1.807) is 20.8 Å². The van der Waals surface area contributed by atoms with Gasteiger partial charge >= 0.3 is 12.0 Å². The number of hydrogen-bond acceptors (Lipinski definition) is 4. The number of piperazine rings is 1. The first-order chi connectivity index (χ1) is 9.30. The molecule has 7 nitrogen and oxygen atoms in total. The summed E-state index contributed by atoms with van der Waals surface area (Å²) in [5, 5.41) is 17.6. The van der Waals surface area contributed by atoms with Gasteiger partial charge in [-0.05, 0) is 5.41 Å². The Labute approximate surface area is 120 Å². The Morgan fingerprint density at radius 1 is 1.30 bits per heavy atom. The highest BCUT2D eigenvalue weighted by Crippen LogP contribution is 2.19. The second kappa shape index (κ2) is 7.44. The average Bonchev–Trinajstić information content (AvgIpc) is 2.35. The fraction of sp³-hybridized carbons (Fsp3) is 0.846. The molecule has 0 spiro atoms. The van der Waals surface area contributed by atoms with Crippen LogP contribution >= 0.6 is 0 Å². The molecule has 0 aromatic carbocycles. The van der Waals surface area contributed by atoms with Crippen LogP contribution in [-0.4, -0.2) is 67.3 Å². The second-order valence-electron chi connectivity index (χ2n) is 6.13. The average molecular weight is 286 g/mol. The van der Waals surface area contributed by atoms with Gasteiger partial charge in [-0.1, -0.05) is 20.8 Å². The summed E-state index contributed by atoms with van der Waals surface area (Å²) in [7, 11) is 0. The number of amides is 2. The summed E-state index contributed by atoms with van der Waals surface area (Å²) in [6.45, 7) is 10.5. The molecule has 0 bridgehead atoms. The van der Waals surface area contributed by atoms with Gasteiger partial charge in [-0.15, -0.1) is 0 Å². The van der Waals surface area contributed by atoms with Gasteiger partial charge in [-0.2, -0.15) is 0 Å². The van der Waals surface area contributed by atoms with Crippen LogP contribution in [-0.2, 0) is 4.79 Å². The van der Waals surface area contributed by atoms with E-state index < -0.39 is 23.5 Å². The van der Waals surface area contributed by atoms with E-state index in [1.165, 1.54) is 0 Å². The van der Waals surface area contributed by atoms with Gasteiger partial charge in [0, 0.05) is 39.3 Å². The number of aliphatic carboxylic acids is 1. The SMILES string of the molecule is CC(C)(C)[C@@H](NC(=O)NCCN1CCNCC1)C(=O)O. The Kier molecular flexibility index (Phi) is 6.22. The van der Waals surface area contributed by atoms with Gasteiger partial charge in [-0.3, -0.25) is 4.90 Å². The number of carbonyl (C=O) groups is 2. The first kappa shape index (κ1) is 16.7. The fourth-order valence-electron chi connectivity index (χ4n) is 2.09. The first-order valence-electron chi connectivity index (χ1n) is 7.01. The van der Waals surface area contributed by atoms with Crippen molar-refractivity contribution in [3.63, 3.8) is 0 Å². The maximum atomic E-state index is 11.7. The molecule has 4 N–H and O–H groups in total.